The van der Waals surface area contributed by atoms with E-state index in [-0.39, 0.29) is 5.92 Å². The zero-order valence-corrected chi connectivity index (χ0v) is 17.7. The lowest BCUT2D eigenvalue weighted by molar-refractivity contribution is -0.0852. The SMILES string of the molecule is CCCCC1CCC(C2CCC(C3CCC(OCC)C(F)C3F)CC2)CC1. The summed E-state index contributed by atoms with van der Waals surface area (Å²) >= 11 is 0. The third-order valence-electron chi connectivity index (χ3n) is 8.18. The maximum atomic E-state index is 14.7. The standard InChI is InChI=1S/C24H42F2O/c1-3-5-6-17-7-9-18(10-8-17)19-11-13-20(14-12-19)21-15-16-22(27-4-2)24(26)23(21)25/h17-24H,3-16H2,1-2H3. The quantitative estimate of drug-likeness (QED) is 0.448. The lowest BCUT2D eigenvalue weighted by Crippen LogP contribution is -2.46. The molecule has 0 N–H and O–H groups in total. The number of alkyl halides is 2. The van der Waals surface area contributed by atoms with Gasteiger partial charge < -0.3 is 4.74 Å². The molecule has 3 aliphatic carbocycles. The summed E-state index contributed by atoms with van der Waals surface area (Å²) < 4.78 is 34.6. The van der Waals surface area contributed by atoms with Gasteiger partial charge in [0.05, 0.1) is 6.10 Å². The molecule has 3 aliphatic rings. The van der Waals surface area contributed by atoms with E-state index in [2.05, 4.69) is 6.92 Å². The van der Waals surface area contributed by atoms with Crippen molar-refractivity contribution in [3.8, 4) is 0 Å². The third-order valence-corrected chi connectivity index (χ3v) is 8.18. The molecular formula is C24H42F2O. The Morgan fingerprint density at radius 1 is 0.704 bits per heavy atom. The predicted octanol–water partition coefficient (Wildman–Crippen LogP) is 7.28. The first-order chi connectivity index (χ1) is 13.1. The Morgan fingerprint density at radius 3 is 1.89 bits per heavy atom. The van der Waals surface area contributed by atoms with Crippen LogP contribution in [0.5, 0.6) is 0 Å². The minimum Gasteiger partial charge on any atom is -0.375 e. The minimum absolute atomic E-state index is 0.0672. The fourth-order valence-electron chi connectivity index (χ4n) is 6.49. The summed E-state index contributed by atoms with van der Waals surface area (Å²) in [6.45, 7) is 4.64. The van der Waals surface area contributed by atoms with E-state index < -0.39 is 18.4 Å². The van der Waals surface area contributed by atoms with Gasteiger partial charge in [-0.3, -0.25) is 0 Å². The third kappa shape index (κ3) is 5.46. The number of ether oxygens (including phenoxy) is 1. The first kappa shape index (κ1) is 21.5. The molecule has 0 amide bonds. The molecule has 3 fully saturated rings. The molecule has 0 aromatic carbocycles. The maximum absolute atomic E-state index is 14.7. The minimum atomic E-state index is -1.42. The van der Waals surface area contributed by atoms with E-state index in [1.54, 1.807) is 0 Å². The zero-order chi connectivity index (χ0) is 19.2. The van der Waals surface area contributed by atoms with Gasteiger partial charge in [-0.15, -0.1) is 0 Å². The smallest absolute Gasteiger partial charge is 0.157 e. The van der Waals surface area contributed by atoms with Gasteiger partial charge in [0.1, 0.15) is 6.17 Å². The fourth-order valence-corrected chi connectivity index (χ4v) is 6.49. The number of halogens is 2. The second kappa shape index (κ2) is 10.6. The van der Waals surface area contributed by atoms with E-state index in [9.17, 15) is 8.78 Å². The Morgan fingerprint density at radius 2 is 1.30 bits per heavy atom. The summed E-state index contributed by atoms with van der Waals surface area (Å²) in [5.41, 5.74) is 0. The summed E-state index contributed by atoms with van der Waals surface area (Å²) in [6, 6.07) is 0. The molecular weight excluding hydrogens is 342 g/mol. The Kier molecular flexibility index (Phi) is 8.42. The van der Waals surface area contributed by atoms with Crippen LogP contribution in [0.1, 0.15) is 97.3 Å². The van der Waals surface area contributed by atoms with Crippen LogP contribution in [-0.4, -0.2) is 25.1 Å². The van der Waals surface area contributed by atoms with Crippen LogP contribution in [-0.2, 0) is 4.74 Å². The van der Waals surface area contributed by atoms with Gasteiger partial charge in [0.2, 0.25) is 0 Å². The molecule has 3 saturated carbocycles. The number of rotatable bonds is 7. The molecule has 158 valence electrons. The van der Waals surface area contributed by atoms with Crippen LogP contribution in [0, 0.1) is 29.6 Å². The van der Waals surface area contributed by atoms with Crippen molar-refractivity contribution in [2.75, 3.05) is 6.61 Å². The molecule has 0 aromatic rings. The van der Waals surface area contributed by atoms with Crippen LogP contribution in [0.4, 0.5) is 8.78 Å². The van der Waals surface area contributed by atoms with Crippen molar-refractivity contribution in [1.29, 1.82) is 0 Å². The van der Waals surface area contributed by atoms with Crippen LogP contribution in [0.15, 0.2) is 0 Å². The molecule has 0 radical (unpaired) electrons. The van der Waals surface area contributed by atoms with Crippen molar-refractivity contribution in [3.63, 3.8) is 0 Å². The van der Waals surface area contributed by atoms with Crippen LogP contribution >= 0.6 is 0 Å². The van der Waals surface area contributed by atoms with E-state index in [0.717, 1.165) is 37.0 Å². The Labute approximate surface area is 166 Å². The largest absolute Gasteiger partial charge is 0.375 e. The highest BCUT2D eigenvalue weighted by atomic mass is 19.2. The Balaban J connectivity index is 1.42. The molecule has 0 bridgehead atoms. The molecule has 0 saturated heterocycles. The van der Waals surface area contributed by atoms with Gasteiger partial charge in [0, 0.05) is 6.61 Å². The van der Waals surface area contributed by atoms with Crippen molar-refractivity contribution in [2.45, 2.75) is 116 Å². The summed E-state index contributed by atoms with van der Waals surface area (Å²) in [7, 11) is 0. The first-order valence-corrected chi connectivity index (χ1v) is 12.0. The molecule has 3 heteroatoms. The van der Waals surface area contributed by atoms with Crippen molar-refractivity contribution in [2.24, 2.45) is 29.6 Å². The second-order valence-electron chi connectivity index (χ2n) is 9.72. The molecule has 0 spiro atoms. The van der Waals surface area contributed by atoms with Crippen molar-refractivity contribution in [1.82, 2.24) is 0 Å². The van der Waals surface area contributed by atoms with Crippen molar-refractivity contribution >= 4 is 0 Å². The molecule has 1 nitrogen and oxygen atoms in total. The van der Waals surface area contributed by atoms with Gasteiger partial charge in [0.15, 0.2) is 6.17 Å². The van der Waals surface area contributed by atoms with Gasteiger partial charge in [-0.05, 0) is 87.9 Å². The topological polar surface area (TPSA) is 9.23 Å². The zero-order valence-electron chi connectivity index (χ0n) is 17.7. The monoisotopic (exact) mass is 384 g/mol. The van der Waals surface area contributed by atoms with Crippen LogP contribution in [0.3, 0.4) is 0 Å². The average molecular weight is 385 g/mol. The van der Waals surface area contributed by atoms with Gasteiger partial charge in [-0.2, -0.15) is 0 Å². The highest BCUT2D eigenvalue weighted by Gasteiger charge is 2.45. The summed E-state index contributed by atoms with van der Waals surface area (Å²) in [5.74, 6) is 3.08. The normalized spacial score (nSPS) is 43.6. The molecule has 3 rings (SSSR count). The van der Waals surface area contributed by atoms with Crippen molar-refractivity contribution in [3.05, 3.63) is 0 Å². The number of unbranched alkanes of at least 4 members (excludes halogenated alkanes) is 1. The molecule has 0 aliphatic heterocycles. The van der Waals surface area contributed by atoms with Crippen LogP contribution < -0.4 is 0 Å². The van der Waals surface area contributed by atoms with E-state index >= 15 is 0 Å². The Hall–Kier alpha value is -0.180. The lowest BCUT2D eigenvalue weighted by Gasteiger charge is -2.43. The van der Waals surface area contributed by atoms with Crippen LogP contribution in [0.2, 0.25) is 0 Å². The van der Waals surface area contributed by atoms with Gasteiger partial charge >= 0.3 is 0 Å². The maximum Gasteiger partial charge on any atom is 0.157 e. The predicted molar refractivity (Wildman–Crippen MR) is 108 cm³/mol. The average Bonchev–Trinajstić information content (AvgIpc) is 2.71. The van der Waals surface area contributed by atoms with Gasteiger partial charge in [-0.25, -0.2) is 8.78 Å². The van der Waals surface area contributed by atoms with E-state index in [0.29, 0.717) is 18.9 Å². The summed E-state index contributed by atoms with van der Waals surface area (Å²) in [4.78, 5) is 0. The van der Waals surface area contributed by atoms with Crippen LogP contribution in [0.25, 0.3) is 0 Å². The van der Waals surface area contributed by atoms with E-state index in [1.807, 2.05) is 6.92 Å². The van der Waals surface area contributed by atoms with E-state index in [1.165, 1.54) is 57.8 Å². The number of hydrogen-bond acceptors (Lipinski definition) is 1. The number of hydrogen-bond donors (Lipinski definition) is 0. The molecule has 4 atom stereocenters. The first-order valence-electron chi connectivity index (χ1n) is 12.0. The molecule has 4 unspecified atom stereocenters. The van der Waals surface area contributed by atoms with Gasteiger partial charge in [-0.1, -0.05) is 39.0 Å². The molecule has 0 heterocycles. The highest BCUT2D eigenvalue weighted by Crippen LogP contribution is 2.47. The Bertz CT molecular complexity index is 413. The lowest BCUT2D eigenvalue weighted by atomic mass is 9.65. The molecule has 27 heavy (non-hydrogen) atoms. The highest BCUT2D eigenvalue weighted by molar-refractivity contribution is 4.94. The van der Waals surface area contributed by atoms with Crippen molar-refractivity contribution < 1.29 is 13.5 Å². The fraction of sp³-hybridized carbons (Fsp3) is 1.00. The molecule has 0 aromatic heterocycles. The van der Waals surface area contributed by atoms with E-state index in [4.69, 9.17) is 4.74 Å². The summed E-state index contributed by atoms with van der Waals surface area (Å²) in [5, 5.41) is 0. The second-order valence-corrected chi connectivity index (χ2v) is 9.72. The summed E-state index contributed by atoms with van der Waals surface area (Å²) in [6.07, 6.45) is 12.9. The van der Waals surface area contributed by atoms with Gasteiger partial charge in [0.25, 0.3) is 0 Å².